The van der Waals surface area contributed by atoms with E-state index in [0.717, 1.165) is 25.7 Å². The van der Waals surface area contributed by atoms with Gasteiger partial charge in [-0.2, -0.15) is 0 Å². The highest BCUT2D eigenvalue weighted by Crippen LogP contribution is 2.64. The first-order chi connectivity index (χ1) is 14.1. The Kier molecular flexibility index (Phi) is 5.71. The molecule has 2 fully saturated rings. The van der Waals surface area contributed by atoms with Crippen molar-refractivity contribution in [2.75, 3.05) is 0 Å². The molecule has 0 aromatic heterocycles. The largest absolute Gasteiger partial charge is 0.393 e. The van der Waals surface area contributed by atoms with E-state index in [4.69, 9.17) is 0 Å². The monoisotopic (exact) mass is 410 g/mol. The van der Waals surface area contributed by atoms with Crippen molar-refractivity contribution in [1.29, 1.82) is 0 Å². The van der Waals surface area contributed by atoms with E-state index in [0.29, 0.717) is 36.0 Å². The molecule has 4 aliphatic carbocycles. The van der Waals surface area contributed by atoms with Gasteiger partial charge in [-0.25, -0.2) is 0 Å². The maximum Gasteiger partial charge on any atom is 0.182 e. The second-order valence-electron chi connectivity index (χ2n) is 11.7. The first kappa shape index (κ1) is 22.1. The topological polar surface area (TPSA) is 37.3 Å². The maximum absolute atomic E-state index is 13.4. The van der Waals surface area contributed by atoms with E-state index in [1.54, 1.807) is 0 Å². The van der Waals surface area contributed by atoms with Crippen molar-refractivity contribution in [2.24, 2.45) is 40.4 Å². The van der Waals surface area contributed by atoms with Crippen LogP contribution in [0.15, 0.2) is 34.9 Å². The van der Waals surface area contributed by atoms with Crippen LogP contribution in [-0.4, -0.2) is 17.0 Å². The Hall–Kier alpha value is -1.15. The fourth-order valence-electron chi connectivity index (χ4n) is 7.30. The van der Waals surface area contributed by atoms with E-state index < -0.39 is 0 Å². The molecule has 0 spiro atoms. The number of aliphatic hydroxyl groups excluding tert-OH is 1. The molecule has 4 aliphatic rings. The van der Waals surface area contributed by atoms with Gasteiger partial charge in [-0.05, 0) is 86.0 Å². The lowest BCUT2D eigenvalue weighted by atomic mass is 9.53. The van der Waals surface area contributed by atoms with Crippen molar-refractivity contribution in [2.45, 2.75) is 92.6 Å². The summed E-state index contributed by atoms with van der Waals surface area (Å²) in [7, 11) is 0. The van der Waals surface area contributed by atoms with E-state index in [1.807, 2.05) is 6.08 Å². The van der Waals surface area contributed by atoms with Crippen LogP contribution in [0.4, 0.5) is 0 Å². The minimum Gasteiger partial charge on any atom is -0.393 e. The van der Waals surface area contributed by atoms with Gasteiger partial charge in [0.25, 0.3) is 0 Å². The lowest BCUT2D eigenvalue weighted by molar-refractivity contribution is -0.113. The second kappa shape index (κ2) is 7.76. The molecule has 0 bridgehead atoms. The van der Waals surface area contributed by atoms with Gasteiger partial charge in [0.15, 0.2) is 5.78 Å². The van der Waals surface area contributed by atoms with Gasteiger partial charge >= 0.3 is 0 Å². The van der Waals surface area contributed by atoms with Crippen molar-refractivity contribution >= 4 is 5.78 Å². The molecule has 7 atom stereocenters. The summed E-state index contributed by atoms with van der Waals surface area (Å²) in [6, 6.07) is 0. The third-order valence-electron chi connectivity index (χ3n) is 9.78. The fraction of sp³-hybridized carbons (Fsp3) is 0.750. The van der Waals surface area contributed by atoms with Gasteiger partial charge in [-0.3, -0.25) is 4.79 Å². The van der Waals surface area contributed by atoms with Gasteiger partial charge in [0.1, 0.15) is 0 Å². The Bertz CT molecular complexity index is 799. The summed E-state index contributed by atoms with van der Waals surface area (Å²) < 4.78 is 0. The number of carbonyl (C=O) groups is 1. The molecule has 0 unspecified atom stereocenters. The lowest BCUT2D eigenvalue weighted by Crippen LogP contribution is -2.44. The third-order valence-corrected chi connectivity index (χ3v) is 9.78. The van der Waals surface area contributed by atoms with Crippen molar-refractivity contribution in [3.8, 4) is 0 Å². The summed E-state index contributed by atoms with van der Waals surface area (Å²) in [5, 5.41) is 10.2. The number of fused-ring (bicyclic) bond motifs is 4. The molecule has 0 radical (unpaired) electrons. The van der Waals surface area contributed by atoms with E-state index in [1.165, 1.54) is 29.6 Å². The summed E-state index contributed by atoms with van der Waals surface area (Å²) >= 11 is 0. The van der Waals surface area contributed by atoms with Crippen molar-refractivity contribution < 1.29 is 9.90 Å². The van der Waals surface area contributed by atoms with Crippen molar-refractivity contribution in [3.05, 3.63) is 34.9 Å². The molecule has 0 aromatic rings. The van der Waals surface area contributed by atoms with Gasteiger partial charge in [0, 0.05) is 11.0 Å². The van der Waals surface area contributed by atoms with E-state index in [-0.39, 0.29) is 22.7 Å². The molecule has 0 amide bonds. The normalized spacial score (nSPS) is 40.9. The third kappa shape index (κ3) is 3.38. The van der Waals surface area contributed by atoms with Gasteiger partial charge < -0.3 is 5.11 Å². The molecular formula is C28H42O2. The van der Waals surface area contributed by atoms with Crippen LogP contribution < -0.4 is 0 Å². The van der Waals surface area contributed by atoms with E-state index in [2.05, 4.69) is 53.7 Å². The molecule has 0 aliphatic heterocycles. The highest BCUT2D eigenvalue weighted by atomic mass is 16.3. The Balaban J connectivity index is 1.62. The first-order valence-electron chi connectivity index (χ1n) is 12.4. The van der Waals surface area contributed by atoms with Crippen LogP contribution in [0, 0.1) is 40.4 Å². The fourth-order valence-corrected chi connectivity index (χ4v) is 7.30. The molecule has 0 heterocycles. The summed E-state index contributed by atoms with van der Waals surface area (Å²) in [6.07, 6.45) is 13.7. The predicted octanol–water partition coefficient (Wildman–Crippen LogP) is 6.65. The SMILES string of the molecule is CC(C)[C@@H](C)/C=C/[C@@H](C)[C@H]1CC[C@H]2C3=C(CC[C@]12C)[C@@]1(C)CC[C@H](O)CC1=CC3=O. The molecular weight excluding hydrogens is 368 g/mol. The molecule has 2 saturated carbocycles. The second-order valence-corrected chi connectivity index (χ2v) is 11.7. The zero-order valence-electron chi connectivity index (χ0n) is 20.0. The zero-order chi connectivity index (χ0) is 21.8. The van der Waals surface area contributed by atoms with Crippen LogP contribution in [0.3, 0.4) is 0 Å². The minimum atomic E-state index is -0.273. The van der Waals surface area contributed by atoms with Crippen molar-refractivity contribution in [3.63, 3.8) is 0 Å². The summed E-state index contributed by atoms with van der Waals surface area (Å²) in [4.78, 5) is 13.4. The van der Waals surface area contributed by atoms with Crippen LogP contribution in [0.5, 0.6) is 0 Å². The quantitative estimate of drug-likeness (QED) is 0.527. The minimum absolute atomic E-state index is 0.0140. The van der Waals surface area contributed by atoms with E-state index >= 15 is 0 Å². The first-order valence-corrected chi connectivity index (χ1v) is 12.4. The van der Waals surface area contributed by atoms with Crippen LogP contribution in [0.25, 0.3) is 0 Å². The van der Waals surface area contributed by atoms with Gasteiger partial charge in [-0.15, -0.1) is 0 Å². The molecule has 1 N–H and O–H groups in total. The van der Waals surface area contributed by atoms with Crippen LogP contribution in [-0.2, 0) is 4.79 Å². The zero-order valence-corrected chi connectivity index (χ0v) is 20.0. The number of hydrogen-bond acceptors (Lipinski definition) is 2. The Labute approximate surface area is 183 Å². The standard InChI is InChI=1S/C28H42O2/c1-17(2)18(3)7-8-19(4)22-9-10-23-26-24(12-14-28(22,23)6)27(5)13-11-21(29)15-20(27)16-25(26)30/h7-8,16-19,21-23,29H,9-15H2,1-6H3/b8-7+/t18-,19+,21-,22+,23-,27-,28+/m0/s1. The Morgan fingerprint density at radius 3 is 2.50 bits per heavy atom. The summed E-state index contributed by atoms with van der Waals surface area (Å²) in [5.74, 6) is 3.19. The van der Waals surface area contributed by atoms with Crippen LogP contribution in [0.2, 0.25) is 0 Å². The molecule has 0 aromatic carbocycles. The smallest absolute Gasteiger partial charge is 0.182 e. The predicted molar refractivity (Wildman–Crippen MR) is 124 cm³/mol. The van der Waals surface area contributed by atoms with Crippen LogP contribution >= 0.6 is 0 Å². The maximum atomic E-state index is 13.4. The highest BCUT2D eigenvalue weighted by molar-refractivity contribution is 6.07. The lowest BCUT2D eigenvalue weighted by Gasteiger charge is -2.51. The molecule has 30 heavy (non-hydrogen) atoms. The van der Waals surface area contributed by atoms with E-state index in [9.17, 15) is 9.90 Å². The molecule has 4 rings (SSSR count). The number of allylic oxidation sites excluding steroid dienone is 5. The van der Waals surface area contributed by atoms with Crippen molar-refractivity contribution in [1.82, 2.24) is 0 Å². The number of hydrogen-bond donors (Lipinski definition) is 1. The Morgan fingerprint density at radius 1 is 1.07 bits per heavy atom. The highest BCUT2D eigenvalue weighted by Gasteiger charge is 2.56. The average molecular weight is 411 g/mol. The molecule has 166 valence electrons. The molecule has 2 heteroatoms. The molecule has 0 saturated heterocycles. The number of aliphatic hydroxyl groups is 1. The average Bonchev–Trinajstić information content (AvgIpc) is 3.04. The van der Waals surface area contributed by atoms with Gasteiger partial charge in [0.05, 0.1) is 6.10 Å². The number of ketones is 1. The number of rotatable bonds is 4. The van der Waals surface area contributed by atoms with Gasteiger partial charge in [0.2, 0.25) is 0 Å². The summed E-state index contributed by atoms with van der Waals surface area (Å²) in [5.41, 5.74) is 4.06. The summed E-state index contributed by atoms with van der Waals surface area (Å²) in [6.45, 7) is 14.1. The van der Waals surface area contributed by atoms with Gasteiger partial charge in [-0.1, -0.05) is 64.8 Å². The Morgan fingerprint density at radius 2 is 1.80 bits per heavy atom. The molecule has 2 nitrogen and oxygen atoms in total. The van der Waals surface area contributed by atoms with Crippen LogP contribution in [0.1, 0.15) is 86.5 Å². The number of carbonyl (C=O) groups excluding carboxylic acids is 1.